The van der Waals surface area contributed by atoms with Crippen LogP contribution in [0.15, 0.2) is 25.3 Å². The van der Waals surface area contributed by atoms with Gasteiger partial charge in [-0.15, -0.1) is 13.2 Å². The number of ether oxygens (including phenoxy) is 2. The Labute approximate surface area is 158 Å². The van der Waals surface area contributed by atoms with Gasteiger partial charge >= 0.3 is 29.6 Å². The summed E-state index contributed by atoms with van der Waals surface area (Å²) in [6, 6.07) is 0. The zero-order chi connectivity index (χ0) is 16.1. The van der Waals surface area contributed by atoms with E-state index in [-0.39, 0.29) is 53.7 Å². The third-order valence-electron chi connectivity index (χ3n) is 3.41. The molecule has 0 rings (SSSR count). The minimum Gasteiger partial charge on any atom is -0.799 e. The van der Waals surface area contributed by atoms with Crippen LogP contribution in [0.2, 0.25) is 0 Å². The van der Waals surface area contributed by atoms with E-state index in [2.05, 4.69) is 13.2 Å². The van der Waals surface area contributed by atoms with Crippen molar-refractivity contribution in [3.8, 4) is 0 Å². The van der Waals surface area contributed by atoms with E-state index in [4.69, 9.17) is 9.47 Å². The Hall–Kier alpha value is 0.590. The van der Waals surface area contributed by atoms with E-state index in [1.165, 1.54) is 0 Å². The molecule has 0 bridgehead atoms. The molecule has 0 aliphatic heterocycles. The van der Waals surface area contributed by atoms with Gasteiger partial charge in [-0.05, 0) is 24.2 Å². The average molecular weight is 340 g/mol. The average Bonchev–Trinajstić information content (AvgIpc) is 2.45. The molecule has 0 saturated carbocycles. The Kier molecular flexibility index (Phi) is 17.1. The van der Waals surface area contributed by atoms with Crippen molar-refractivity contribution < 1.29 is 48.5 Å². The number of rotatable bonds is 14. The van der Waals surface area contributed by atoms with Gasteiger partial charge in [0, 0.05) is 7.37 Å². The summed E-state index contributed by atoms with van der Waals surface area (Å²) in [5.74, 6) is 0.111. The fourth-order valence-electron chi connectivity index (χ4n) is 2.10. The molecule has 0 aliphatic rings. The Morgan fingerprint density at radius 2 is 1.36 bits per heavy atom. The second kappa shape index (κ2) is 15.1. The summed E-state index contributed by atoms with van der Waals surface area (Å²) in [5.41, 5.74) is 0. The maximum Gasteiger partial charge on any atom is 1.00 e. The molecule has 2 atom stereocenters. The molecule has 0 fully saturated rings. The van der Waals surface area contributed by atoms with E-state index >= 15 is 0 Å². The largest absolute Gasteiger partial charge is 1.00 e. The molecule has 0 radical (unpaired) electrons. The Balaban J connectivity index is 0. The van der Waals surface area contributed by atoms with Gasteiger partial charge in [-0.25, -0.2) is 0 Å². The first-order chi connectivity index (χ1) is 9.99. The maximum atomic E-state index is 12.3. The van der Waals surface area contributed by atoms with Gasteiger partial charge in [0.15, 0.2) is 0 Å². The molecule has 0 aromatic heterocycles. The third kappa shape index (κ3) is 13.1. The smallest absolute Gasteiger partial charge is 0.799 e. The SMILES string of the molecule is C=CCOCC(CC)CP(=O)([O-])CC(CC)COCC=C.[Na+]. The van der Waals surface area contributed by atoms with Crippen LogP contribution in [0.4, 0.5) is 0 Å². The minimum atomic E-state index is -3.40. The van der Waals surface area contributed by atoms with Crippen LogP contribution in [0, 0.1) is 11.8 Å². The molecule has 0 saturated heterocycles. The molecule has 0 aromatic carbocycles. The van der Waals surface area contributed by atoms with E-state index < -0.39 is 7.37 Å². The van der Waals surface area contributed by atoms with Crippen molar-refractivity contribution in [2.45, 2.75) is 26.7 Å². The quantitative estimate of drug-likeness (QED) is 0.195. The summed E-state index contributed by atoms with van der Waals surface area (Å²) in [6.07, 6.45) is 5.36. The van der Waals surface area contributed by atoms with Gasteiger partial charge < -0.3 is 18.9 Å². The minimum absolute atomic E-state index is 0. The predicted octanol–water partition coefficient (Wildman–Crippen LogP) is 0.0864. The molecule has 22 heavy (non-hydrogen) atoms. The summed E-state index contributed by atoms with van der Waals surface area (Å²) in [6.45, 7) is 13.0. The maximum absolute atomic E-state index is 12.3. The van der Waals surface area contributed by atoms with Crippen LogP contribution in [0.25, 0.3) is 0 Å². The molecule has 0 aromatic rings. The first kappa shape index (κ1) is 24.8. The van der Waals surface area contributed by atoms with Crippen LogP contribution in [0.1, 0.15) is 26.7 Å². The zero-order valence-corrected chi connectivity index (χ0v) is 17.4. The van der Waals surface area contributed by atoms with Crippen LogP contribution >= 0.6 is 7.37 Å². The predicted molar refractivity (Wildman–Crippen MR) is 86.9 cm³/mol. The van der Waals surface area contributed by atoms with Gasteiger partial charge in [-0.1, -0.05) is 38.8 Å². The molecule has 0 aliphatic carbocycles. The van der Waals surface area contributed by atoms with E-state index in [9.17, 15) is 9.46 Å². The van der Waals surface area contributed by atoms with Gasteiger partial charge in [0.2, 0.25) is 0 Å². The molecule has 2 unspecified atom stereocenters. The molecule has 6 heteroatoms. The second-order valence-corrected chi connectivity index (χ2v) is 7.74. The normalized spacial score (nSPS) is 16.1. The van der Waals surface area contributed by atoms with E-state index in [1.807, 2.05) is 13.8 Å². The molecular weight excluding hydrogens is 310 g/mol. The first-order valence-electron chi connectivity index (χ1n) is 7.65. The standard InChI is InChI=1S/C16H31O4P.Na/c1-5-9-19-11-15(7-3)13-21(17,18)14-16(8-4)12-20-10-6-2;/h5-6,15-16H,1-2,7-14H2,3-4H3,(H,17,18);/q;+1/p-1. The number of hydrogen-bond donors (Lipinski definition) is 0. The van der Waals surface area contributed by atoms with Crippen molar-refractivity contribution >= 4 is 7.37 Å². The van der Waals surface area contributed by atoms with Crippen LogP contribution in [0.5, 0.6) is 0 Å². The topological polar surface area (TPSA) is 58.6 Å². The zero-order valence-electron chi connectivity index (χ0n) is 14.5. The summed E-state index contributed by atoms with van der Waals surface area (Å²) < 4.78 is 23.1. The monoisotopic (exact) mass is 340 g/mol. The fraction of sp³-hybridized carbons (Fsp3) is 0.750. The molecule has 4 nitrogen and oxygen atoms in total. The first-order valence-corrected chi connectivity index (χ1v) is 9.64. The van der Waals surface area contributed by atoms with Crippen molar-refractivity contribution in [1.29, 1.82) is 0 Å². The van der Waals surface area contributed by atoms with E-state index in [1.54, 1.807) is 12.2 Å². The van der Waals surface area contributed by atoms with Crippen molar-refractivity contribution in [3.05, 3.63) is 25.3 Å². The summed E-state index contributed by atoms with van der Waals surface area (Å²) >= 11 is 0. The van der Waals surface area contributed by atoms with Crippen LogP contribution < -0.4 is 34.5 Å². The molecule has 0 N–H and O–H groups in total. The summed E-state index contributed by atoms with van der Waals surface area (Å²) in [7, 11) is -3.40. The molecule has 0 heterocycles. The fourth-order valence-corrected chi connectivity index (χ4v) is 4.55. The Morgan fingerprint density at radius 1 is 1.00 bits per heavy atom. The molecular formula is C16H30NaO4P. The van der Waals surface area contributed by atoms with Gasteiger partial charge in [0.25, 0.3) is 0 Å². The van der Waals surface area contributed by atoms with E-state index in [0.717, 1.165) is 12.8 Å². The van der Waals surface area contributed by atoms with E-state index in [0.29, 0.717) is 26.4 Å². The van der Waals surface area contributed by atoms with Gasteiger partial charge in [0.1, 0.15) is 0 Å². The Morgan fingerprint density at radius 3 is 1.64 bits per heavy atom. The van der Waals surface area contributed by atoms with Gasteiger partial charge in [0.05, 0.1) is 26.4 Å². The third-order valence-corrected chi connectivity index (χ3v) is 5.55. The van der Waals surface area contributed by atoms with Crippen molar-refractivity contribution in [3.63, 3.8) is 0 Å². The van der Waals surface area contributed by atoms with Crippen LogP contribution in [-0.4, -0.2) is 38.8 Å². The molecule has 0 amide bonds. The second-order valence-electron chi connectivity index (χ2n) is 5.38. The molecule has 0 spiro atoms. The summed E-state index contributed by atoms with van der Waals surface area (Å²) in [4.78, 5) is 12.3. The summed E-state index contributed by atoms with van der Waals surface area (Å²) in [5, 5.41) is 0. The van der Waals surface area contributed by atoms with Crippen LogP contribution in [-0.2, 0) is 14.0 Å². The van der Waals surface area contributed by atoms with Gasteiger partial charge in [-0.2, -0.15) is 0 Å². The Bertz CT molecular complexity index is 308. The number of hydrogen-bond acceptors (Lipinski definition) is 4. The van der Waals surface area contributed by atoms with Crippen molar-refractivity contribution in [2.24, 2.45) is 11.8 Å². The van der Waals surface area contributed by atoms with Crippen molar-refractivity contribution in [2.75, 3.05) is 38.8 Å². The van der Waals surface area contributed by atoms with Gasteiger partial charge in [-0.3, -0.25) is 0 Å². The molecule has 124 valence electrons. The van der Waals surface area contributed by atoms with Crippen LogP contribution in [0.3, 0.4) is 0 Å². The van der Waals surface area contributed by atoms with Crippen molar-refractivity contribution in [1.82, 2.24) is 0 Å².